The number of hydrogen-bond donors (Lipinski definition) is 2. The van der Waals surface area contributed by atoms with Crippen molar-refractivity contribution in [1.82, 2.24) is 5.32 Å². The zero-order valence-electron chi connectivity index (χ0n) is 8.66. The monoisotopic (exact) mass is 201 g/mol. The SMILES string of the molecule is COC(CNC1CCCC1)CC(=O)O. The lowest BCUT2D eigenvalue weighted by molar-refractivity contribution is -0.139. The highest BCUT2D eigenvalue weighted by molar-refractivity contribution is 5.67. The normalized spacial score (nSPS) is 19.8. The molecule has 1 saturated carbocycles. The van der Waals surface area contributed by atoms with E-state index in [0.29, 0.717) is 12.6 Å². The third-order valence-electron chi connectivity index (χ3n) is 2.72. The van der Waals surface area contributed by atoms with Crippen molar-refractivity contribution in [2.45, 2.75) is 44.2 Å². The van der Waals surface area contributed by atoms with Gasteiger partial charge in [0.25, 0.3) is 0 Å². The second-order valence-electron chi connectivity index (χ2n) is 3.85. The summed E-state index contributed by atoms with van der Waals surface area (Å²) < 4.78 is 5.08. The van der Waals surface area contributed by atoms with Gasteiger partial charge in [0.15, 0.2) is 0 Å². The lowest BCUT2D eigenvalue weighted by Crippen LogP contribution is -2.35. The molecule has 0 heterocycles. The summed E-state index contributed by atoms with van der Waals surface area (Å²) in [5.41, 5.74) is 0. The summed E-state index contributed by atoms with van der Waals surface area (Å²) in [4.78, 5) is 10.5. The Morgan fingerprint density at radius 3 is 2.71 bits per heavy atom. The van der Waals surface area contributed by atoms with Crippen LogP contribution in [0.3, 0.4) is 0 Å². The molecule has 0 aliphatic heterocycles. The topological polar surface area (TPSA) is 58.6 Å². The number of methoxy groups -OCH3 is 1. The molecule has 0 aromatic heterocycles. The van der Waals surface area contributed by atoms with E-state index in [1.807, 2.05) is 0 Å². The van der Waals surface area contributed by atoms with E-state index < -0.39 is 5.97 Å². The Morgan fingerprint density at radius 1 is 1.57 bits per heavy atom. The molecule has 0 radical (unpaired) electrons. The van der Waals surface area contributed by atoms with Gasteiger partial charge in [0, 0.05) is 19.7 Å². The Morgan fingerprint density at radius 2 is 2.21 bits per heavy atom. The lowest BCUT2D eigenvalue weighted by Gasteiger charge is -2.17. The van der Waals surface area contributed by atoms with Gasteiger partial charge in [-0.15, -0.1) is 0 Å². The van der Waals surface area contributed by atoms with Crippen molar-refractivity contribution in [1.29, 1.82) is 0 Å². The fourth-order valence-electron chi connectivity index (χ4n) is 1.86. The molecule has 0 amide bonds. The van der Waals surface area contributed by atoms with Crippen LogP contribution in [0.2, 0.25) is 0 Å². The first-order valence-corrected chi connectivity index (χ1v) is 5.20. The molecule has 0 aromatic rings. The molecule has 4 heteroatoms. The van der Waals surface area contributed by atoms with Crippen molar-refractivity contribution in [2.24, 2.45) is 0 Å². The second-order valence-corrected chi connectivity index (χ2v) is 3.85. The molecule has 82 valence electrons. The highest BCUT2D eigenvalue weighted by Gasteiger charge is 2.17. The Bertz CT molecular complexity index is 178. The van der Waals surface area contributed by atoms with Crippen LogP contribution in [0.25, 0.3) is 0 Å². The third kappa shape index (κ3) is 4.07. The number of hydrogen-bond acceptors (Lipinski definition) is 3. The standard InChI is InChI=1S/C10H19NO3/c1-14-9(6-10(12)13)7-11-8-4-2-3-5-8/h8-9,11H,2-7H2,1H3,(H,12,13). The number of aliphatic carboxylic acids is 1. The quantitative estimate of drug-likeness (QED) is 0.673. The van der Waals surface area contributed by atoms with E-state index in [-0.39, 0.29) is 12.5 Å². The summed E-state index contributed by atoms with van der Waals surface area (Å²) in [6.45, 7) is 0.646. The minimum absolute atomic E-state index is 0.0796. The fraction of sp³-hybridized carbons (Fsp3) is 0.900. The molecule has 1 aliphatic carbocycles. The molecule has 0 bridgehead atoms. The van der Waals surface area contributed by atoms with Crippen molar-refractivity contribution in [3.63, 3.8) is 0 Å². The zero-order valence-corrected chi connectivity index (χ0v) is 8.66. The minimum Gasteiger partial charge on any atom is -0.481 e. The van der Waals surface area contributed by atoms with Crippen LogP contribution in [0.1, 0.15) is 32.1 Å². The fourth-order valence-corrected chi connectivity index (χ4v) is 1.86. The zero-order chi connectivity index (χ0) is 10.4. The van der Waals surface area contributed by atoms with Gasteiger partial charge in [-0.25, -0.2) is 0 Å². The van der Waals surface area contributed by atoms with Gasteiger partial charge in [0.2, 0.25) is 0 Å². The molecule has 1 unspecified atom stereocenters. The first kappa shape index (κ1) is 11.5. The van der Waals surface area contributed by atoms with Crippen molar-refractivity contribution >= 4 is 5.97 Å². The maximum Gasteiger partial charge on any atom is 0.306 e. The van der Waals surface area contributed by atoms with Gasteiger partial charge in [0.05, 0.1) is 12.5 Å². The largest absolute Gasteiger partial charge is 0.481 e. The molecular weight excluding hydrogens is 182 g/mol. The van der Waals surface area contributed by atoms with Gasteiger partial charge in [-0.2, -0.15) is 0 Å². The number of nitrogens with one attached hydrogen (secondary N) is 1. The summed E-state index contributed by atoms with van der Waals surface area (Å²) in [6.07, 6.45) is 4.87. The highest BCUT2D eigenvalue weighted by atomic mass is 16.5. The van der Waals surface area contributed by atoms with Crippen molar-refractivity contribution in [3.05, 3.63) is 0 Å². The number of carboxylic acid groups (broad SMARTS) is 1. The van der Waals surface area contributed by atoms with Crippen LogP contribution in [0.15, 0.2) is 0 Å². The van der Waals surface area contributed by atoms with Crippen LogP contribution in [-0.4, -0.2) is 36.9 Å². The van der Waals surface area contributed by atoms with Gasteiger partial charge < -0.3 is 15.2 Å². The van der Waals surface area contributed by atoms with E-state index in [0.717, 1.165) is 0 Å². The van der Waals surface area contributed by atoms with Gasteiger partial charge >= 0.3 is 5.97 Å². The molecular formula is C10H19NO3. The summed E-state index contributed by atoms with van der Waals surface area (Å²) in [7, 11) is 1.56. The van der Waals surface area contributed by atoms with Crippen molar-refractivity contribution in [3.8, 4) is 0 Å². The van der Waals surface area contributed by atoms with Crippen LogP contribution in [0, 0.1) is 0 Å². The number of ether oxygens (including phenoxy) is 1. The van der Waals surface area contributed by atoms with Crippen LogP contribution in [0.4, 0.5) is 0 Å². The van der Waals surface area contributed by atoms with Crippen LogP contribution in [0.5, 0.6) is 0 Å². The van der Waals surface area contributed by atoms with E-state index in [2.05, 4.69) is 5.32 Å². The highest BCUT2D eigenvalue weighted by Crippen LogP contribution is 2.17. The molecule has 2 N–H and O–H groups in total. The molecule has 1 rings (SSSR count). The van der Waals surface area contributed by atoms with Crippen molar-refractivity contribution < 1.29 is 14.6 Å². The molecule has 4 nitrogen and oxygen atoms in total. The van der Waals surface area contributed by atoms with Gasteiger partial charge in [0.1, 0.15) is 0 Å². The van der Waals surface area contributed by atoms with Gasteiger partial charge in [-0.05, 0) is 12.8 Å². The molecule has 0 saturated heterocycles. The Hall–Kier alpha value is -0.610. The average Bonchev–Trinajstić information content (AvgIpc) is 2.64. The number of carboxylic acids is 1. The third-order valence-corrected chi connectivity index (χ3v) is 2.72. The van der Waals surface area contributed by atoms with E-state index in [1.165, 1.54) is 25.7 Å². The molecule has 1 atom stereocenters. The number of carbonyl (C=O) groups is 1. The Labute approximate surface area is 84.6 Å². The molecule has 1 aliphatic rings. The van der Waals surface area contributed by atoms with Crippen molar-refractivity contribution in [2.75, 3.05) is 13.7 Å². The maximum absolute atomic E-state index is 10.5. The van der Waals surface area contributed by atoms with E-state index in [9.17, 15) is 4.79 Å². The number of rotatable bonds is 6. The molecule has 0 spiro atoms. The van der Waals surface area contributed by atoms with Gasteiger partial charge in [-0.1, -0.05) is 12.8 Å². The van der Waals surface area contributed by atoms with Crippen LogP contribution < -0.4 is 5.32 Å². The lowest BCUT2D eigenvalue weighted by atomic mass is 10.2. The van der Waals surface area contributed by atoms with Crippen LogP contribution >= 0.6 is 0 Å². The van der Waals surface area contributed by atoms with E-state index >= 15 is 0 Å². The molecule has 0 aromatic carbocycles. The predicted molar refractivity (Wildman–Crippen MR) is 53.3 cm³/mol. The first-order valence-electron chi connectivity index (χ1n) is 5.20. The smallest absolute Gasteiger partial charge is 0.306 e. The van der Waals surface area contributed by atoms with E-state index in [4.69, 9.17) is 9.84 Å². The second kappa shape index (κ2) is 5.98. The summed E-state index contributed by atoms with van der Waals surface area (Å²) in [5, 5.41) is 11.9. The summed E-state index contributed by atoms with van der Waals surface area (Å²) in [6, 6.07) is 0.571. The summed E-state index contributed by atoms with van der Waals surface area (Å²) >= 11 is 0. The Balaban J connectivity index is 2.15. The Kier molecular flexibility index (Phi) is 4.90. The van der Waals surface area contributed by atoms with Gasteiger partial charge in [-0.3, -0.25) is 4.79 Å². The maximum atomic E-state index is 10.5. The first-order chi connectivity index (χ1) is 6.72. The average molecular weight is 201 g/mol. The molecule has 1 fully saturated rings. The predicted octanol–water partition coefficient (Wildman–Crippen LogP) is 1.01. The molecule has 14 heavy (non-hydrogen) atoms. The minimum atomic E-state index is -0.801. The van der Waals surface area contributed by atoms with Crippen LogP contribution in [-0.2, 0) is 9.53 Å². The van der Waals surface area contributed by atoms with E-state index in [1.54, 1.807) is 7.11 Å². The summed E-state index contributed by atoms with van der Waals surface area (Å²) in [5.74, 6) is -0.801.